The molecule has 0 aromatic rings. The van der Waals surface area contributed by atoms with Gasteiger partial charge in [0.25, 0.3) is 0 Å². The van der Waals surface area contributed by atoms with Crippen LogP contribution in [0.1, 0.15) is 13.3 Å². The summed E-state index contributed by atoms with van der Waals surface area (Å²) in [6.07, 6.45) is 0.773. The van der Waals surface area contributed by atoms with E-state index in [9.17, 15) is 4.79 Å². The smallest absolute Gasteiger partial charge is 0.410 e. The van der Waals surface area contributed by atoms with Gasteiger partial charge in [-0.05, 0) is 13.3 Å². The standard InChI is InChI=1S/C8H11NO2/c1-5-3-7-6(2)11-8(10)9(7)4-5/h6-7H,1,3-4H2,2H3/t6-,7-/m1/s1. The third-order valence-corrected chi connectivity index (χ3v) is 2.36. The molecule has 2 rings (SSSR count). The summed E-state index contributed by atoms with van der Waals surface area (Å²) in [5.41, 5.74) is 1.14. The van der Waals surface area contributed by atoms with Crippen molar-refractivity contribution in [1.82, 2.24) is 4.90 Å². The van der Waals surface area contributed by atoms with Gasteiger partial charge in [-0.15, -0.1) is 0 Å². The summed E-state index contributed by atoms with van der Waals surface area (Å²) >= 11 is 0. The molecule has 0 aromatic carbocycles. The summed E-state index contributed by atoms with van der Waals surface area (Å²) in [6, 6.07) is 0.259. The van der Waals surface area contributed by atoms with Crippen molar-refractivity contribution in [2.45, 2.75) is 25.5 Å². The fraction of sp³-hybridized carbons (Fsp3) is 0.625. The molecule has 2 fully saturated rings. The average Bonchev–Trinajstić information content (AvgIpc) is 2.38. The molecule has 3 nitrogen and oxygen atoms in total. The lowest BCUT2D eigenvalue weighted by atomic mass is 10.1. The van der Waals surface area contributed by atoms with E-state index in [2.05, 4.69) is 6.58 Å². The maximum absolute atomic E-state index is 11.1. The number of amides is 1. The van der Waals surface area contributed by atoms with Gasteiger partial charge < -0.3 is 4.74 Å². The number of nitrogens with zero attached hydrogens (tertiary/aromatic N) is 1. The minimum Gasteiger partial charge on any atom is -0.444 e. The number of carbonyl (C=O) groups is 1. The van der Waals surface area contributed by atoms with Gasteiger partial charge in [-0.25, -0.2) is 4.79 Å². The van der Waals surface area contributed by atoms with Crippen molar-refractivity contribution in [2.75, 3.05) is 6.54 Å². The lowest BCUT2D eigenvalue weighted by molar-refractivity contribution is 0.136. The molecule has 0 spiro atoms. The van der Waals surface area contributed by atoms with Crippen molar-refractivity contribution in [3.8, 4) is 0 Å². The van der Waals surface area contributed by atoms with Gasteiger partial charge in [-0.3, -0.25) is 4.90 Å². The molecule has 0 bridgehead atoms. The third kappa shape index (κ3) is 0.836. The fourth-order valence-electron chi connectivity index (χ4n) is 1.75. The number of cyclic esters (lactones) is 1. The van der Waals surface area contributed by atoms with E-state index in [1.54, 1.807) is 4.90 Å². The molecule has 0 saturated carbocycles. The molecule has 0 N–H and O–H groups in total. The van der Waals surface area contributed by atoms with Crippen molar-refractivity contribution >= 4 is 6.09 Å². The topological polar surface area (TPSA) is 29.5 Å². The van der Waals surface area contributed by atoms with Crippen LogP contribution in [0.5, 0.6) is 0 Å². The highest BCUT2D eigenvalue weighted by molar-refractivity contribution is 5.72. The lowest BCUT2D eigenvalue weighted by Gasteiger charge is -2.10. The Labute approximate surface area is 65.6 Å². The van der Waals surface area contributed by atoms with E-state index in [4.69, 9.17) is 4.74 Å². The number of hydrogen-bond acceptors (Lipinski definition) is 2. The largest absolute Gasteiger partial charge is 0.444 e. The molecule has 0 unspecified atom stereocenters. The highest BCUT2D eigenvalue weighted by Gasteiger charge is 2.43. The molecule has 0 aromatic heterocycles. The molecule has 3 heteroatoms. The van der Waals surface area contributed by atoms with Crippen LogP contribution in [-0.4, -0.2) is 29.7 Å². The Balaban J connectivity index is 2.23. The number of fused-ring (bicyclic) bond motifs is 1. The number of rotatable bonds is 0. The van der Waals surface area contributed by atoms with Gasteiger partial charge in [0.05, 0.1) is 6.04 Å². The van der Waals surface area contributed by atoms with E-state index in [0.717, 1.165) is 12.0 Å². The Kier molecular flexibility index (Phi) is 1.22. The minimum atomic E-state index is -0.179. The normalized spacial score (nSPS) is 35.9. The summed E-state index contributed by atoms with van der Waals surface area (Å²) in [4.78, 5) is 12.8. The molecular formula is C8H11NO2. The predicted molar refractivity (Wildman–Crippen MR) is 40.2 cm³/mol. The van der Waals surface area contributed by atoms with Crippen molar-refractivity contribution in [2.24, 2.45) is 0 Å². The van der Waals surface area contributed by atoms with Crippen molar-refractivity contribution in [1.29, 1.82) is 0 Å². The van der Waals surface area contributed by atoms with Crippen LogP contribution in [0.15, 0.2) is 12.2 Å². The molecule has 1 amide bonds. The highest BCUT2D eigenvalue weighted by Crippen LogP contribution is 2.30. The maximum atomic E-state index is 11.1. The van der Waals surface area contributed by atoms with Crippen LogP contribution in [0.25, 0.3) is 0 Å². The van der Waals surface area contributed by atoms with Crippen LogP contribution in [0, 0.1) is 0 Å². The van der Waals surface area contributed by atoms with Gasteiger partial charge in [0.2, 0.25) is 0 Å². The van der Waals surface area contributed by atoms with Gasteiger partial charge in [0, 0.05) is 6.54 Å². The number of hydrogen-bond donors (Lipinski definition) is 0. The zero-order chi connectivity index (χ0) is 8.01. The lowest BCUT2D eigenvalue weighted by Crippen LogP contribution is -2.29. The van der Waals surface area contributed by atoms with Crippen molar-refractivity contribution in [3.05, 3.63) is 12.2 Å². The monoisotopic (exact) mass is 153 g/mol. The van der Waals surface area contributed by atoms with Crippen molar-refractivity contribution < 1.29 is 9.53 Å². The molecule has 2 saturated heterocycles. The van der Waals surface area contributed by atoms with Crippen LogP contribution in [0.4, 0.5) is 4.79 Å². The first-order valence-electron chi connectivity index (χ1n) is 3.82. The fourth-order valence-corrected chi connectivity index (χ4v) is 1.75. The van der Waals surface area contributed by atoms with E-state index in [-0.39, 0.29) is 18.2 Å². The quantitative estimate of drug-likeness (QED) is 0.489. The summed E-state index contributed by atoms with van der Waals surface area (Å²) < 4.78 is 5.02. The van der Waals surface area contributed by atoms with Gasteiger partial charge in [-0.1, -0.05) is 12.2 Å². The minimum absolute atomic E-state index is 0.0433. The summed E-state index contributed by atoms with van der Waals surface area (Å²) in [5.74, 6) is 0. The Morgan fingerprint density at radius 1 is 1.73 bits per heavy atom. The second-order valence-electron chi connectivity index (χ2n) is 3.24. The zero-order valence-electron chi connectivity index (χ0n) is 6.54. The second kappa shape index (κ2) is 2.00. The molecule has 2 heterocycles. The third-order valence-electron chi connectivity index (χ3n) is 2.36. The predicted octanol–water partition coefficient (Wildman–Crippen LogP) is 1.16. The Morgan fingerprint density at radius 2 is 2.45 bits per heavy atom. The molecule has 2 atom stereocenters. The van der Waals surface area contributed by atoms with Crippen LogP contribution < -0.4 is 0 Å². The van der Waals surface area contributed by atoms with Crippen LogP contribution >= 0.6 is 0 Å². The first-order chi connectivity index (χ1) is 5.18. The van der Waals surface area contributed by atoms with E-state index in [1.165, 1.54) is 0 Å². The Bertz CT molecular complexity index is 224. The van der Waals surface area contributed by atoms with E-state index >= 15 is 0 Å². The van der Waals surface area contributed by atoms with E-state index in [1.807, 2.05) is 6.92 Å². The van der Waals surface area contributed by atoms with Gasteiger partial charge in [-0.2, -0.15) is 0 Å². The first-order valence-corrected chi connectivity index (χ1v) is 3.82. The summed E-state index contributed by atoms with van der Waals surface area (Å²) in [6.45, 7) is 6.48. The number of carbonyl (C=O) groups excluding carboxylic acids is 1. The number of ether oxygens (including phenoxy) is 1. The molecule has 2 aliphatic heterocycles. The summed E-state index contributed by atoms with van der Waals surface area (Å²) in [5, 5.41) is 0. The molecule has 2 aliphatic rings. The first kappa shape index (κ1) is 6.70. The maximum Gasteiger partial charge on any atom is 0.410 e. The van der Waals surface area contributed by atoms with Crippen LogP contribution in [-0.2, 0) is 4.74 Å². The average molecular weight is 153 g/mol. The van der Waals surface area contributed by atoms with Gasteiger partial charge in [0.1, 0.15) is 6.10 Å². The molecular weight excluding hydrogens is 142 g/mol. The van der Waals surface area contributed by atoms with Crippen LogP contribution in [0.2, 0.25) is 0 Å². The second-order valence-corrected chi connectivity index (χ2v) is 3.24. The van der Waals surface area contributed by atoms with Crippen LogP contribution in [0.3, 0.4) is 0 Å². The Hall–Kier alpha value is -0.990. The Morgan fingerprint density at radius 3 is 3.09 bits per heavy atom. The summed E-state index contributed by atoms with van der Waals surface area (Å²) in [7, 11) is 0. The SMILES string of the molecule is C=C1C[C@@H]2[C@@H](C)OC(=O)N2C1. The highest BCUT2D eigenvalue weighted by atomic mass is 16.6. The molecule has 0 aliphatic carbocycles. The van der Waals surface area contributed by atoms with E-state index < -0.39 is 0 Å². The zero-order valence-corrected chi connectivity index (χ0v) is 6.54. The van der Waals surface area contributed by atoms with Gasteiger partial charge in [0.15, 0.2) is 0 Å². The molecule has 60 valence electrons. The molecule has 0 radical (unpaired) electrons. The van der Waals surface area contributed by atoms with Crippen molar-refractivity contribution in [3.63, 3.8) is 0 Å². The van der Waals surface area contributed by atoms with E-state index in [0.29, 0.717) is 6.54 Å². The van der Waals surface area contributed by atoms with Gasteiger partial charge >= 0.3 is 6.09 Å². The molecule has 11 heavy (non-hydrogen) atoms.